The molecule has 0 unspecified atom stereocenters. The van der Waals surface area contributed by atoms with Crippen LogP contribution in [-0.2, 0) is 4.79 Å². The lowest BCUT2D eigenvalue weighted by Gasteiger charge is -2.10. The van der Waals surface area contributed by atoms with Crippen molar-refractivity contribution in [1.82, 2.24) is 9.38 Å². The quantitative estimate of drug-likeness (QED) is 0.365. The highest BCUT2D eigenvalue weighted by atomic mass is 19.1. The summed E-state index contributed by atoms with van der Waals surface area (Å²) in [6.07, 6.45) is 2.65. The van der Waals surface area contributed by atoms with Crippen LogP contribution >= 0.6 is 0 Å². The van der Waals surface area contributed by atoms with Crippen molar-refractivity contribution in [3.63, 3.8) is 0 Å². The number of carbonyl (C=O) groups excluding carboxylic acids is 1. The average Bonchev–Trinajstić information content (AvgIpc) is 2.80. The molecule has 0 atom stereocenters. The van der Waals surface area contributed by atoms with Gasteiger partial charge in [0, 0.05) is 11.9 Å². The predicted octanol–water partition coefficient (Wildman–Crippen LogP) is 4.48. The monoisotopic (exact) mass is 440 g/mol. The number of aromatic nitrogens is 2. The van der Waals surface area contributed by atoms with E-state index in [-0.39, 0.29) is 22.8 Å². The molecule has 0 aliphatic carbocycles. The summed E-state index contributed by atoms with van der Waals surface area (Å²) in [5.41, 5.74) is 0.807. The fraction of sp³-hybridized carbons (Fsp3) is 0.0400. The second-order valence-corrected chi connectivity index (χ2v) is 7.11. The highest BCUT2D eigenvalue weighted by Crippen LogP contribution is 2.24. The first-order valence-corrected chi connectivity index (χ1v) is 9.89. The van der Waals surface area contributed by atoms with Crippen molar-refractivity contribution >= 4 is 23.3 Å². The number of amides is 1. The number of carbonyl (C=O) groups is 1. The molecule has 0 radical (unpaired) electrons. The molecule has 0 bridgehead atoms. The number of ether oxygens (including phenoxy) is 1. The lowest BCUT2D eigenvalue weighted by Crippen LogP contribution is -2.20. The van der Waals surface area contributed by atoms with Crippen molar-refractivity contribution in [1.29, 1.82) is 5.26 Å². The summed E-state index contributed by atoms with van der Waals surface area (Å²) in [5, 5.41) is 12.3. The van der Waals surface area contributed by atoms with Gasteiger partial charge in [-0.15, -0.1) is 0 Å². The molecule has 0 aliphatic heterocycles. The van der Waals surface area contributed by atoms with E-state index in [1.807, 2.05) is 19.1 Å². The minimum Gasteiger partial charge on any atom is -0.438 e. The molecule has 33 heavy (non-hydrogen) atoms. The minimum atomic E-state index is -0.687. The number of aryl methyl sites for hydroxylation is 1. The smallest absolute Gasteiger partial charge is 0.269 e. The SMILES string of the molecule is Cc1cccc(NC(=O)/C(C#N)=C\c2c(Oc3ccc(F)cc3)nc3ccccn3c2=O)c1. The maximum absolute atomic E-state index is 13.3. The fourth-order valence-electron chi connectivity index (χ4n) is 3.11. The van der Waals surface area contributed by atoms with Crippen molar-refractivity contribution in [3.05, 3.63) is 106 Å². The zero-order valence-corrected chi connectivity index (χ0v) is 17.4. The Labute approximate surface area is 188 Å². The first-order chi connectivity index (χ1) is 15.9. The van der Waals surface area contributed by atoms with E-state index >= 15 is 0 Å². The van der Waals surface area contributed by atoms with Crippen LogP contribution in [0.4, 0.5) is 10.1 Å². The summed E-state index contributed by atoms with van der Waals surface area (Å²) < 4.78 is 20.3. The molecule has 0 spiro atoms. The van der Waals surface area contributed by atoms with Gasteiger partial charge >= 0.3 is 0 Å². The topological polar surface area (TPSA) is 96.5 Å². The molecule has 4 rings (SSSR count). The van der Waals surface area contributed by atoms with E-state index in [2.05, 4.69) is 10.3 Å². The summed E-state index contributed by atoms with van der Waals surface area (Å²) in [7, 11) is 0. The lowest BCUT2D eigenvalue weighted by molar-refractivity contribution is -0.112. The van der Waals surface area contributed by atoms with Gasteiger partial charge in [-0.3, -0.25) is 14.0 Å². The summed E-state index contributed by atoms with van der Waals surface area (Å²) in [6.45, 7) is 1.87. The van der Waals surface area contributed by atoms with Gasteiger partial charge in [0.05, 0.1) is 0 Å². The van der Waals surface area contributed by atoms with Crippen LogP contribution < -0.4 is 15.6 Å². The van der Waals surface area contributed by atoms with Crippen LogP contribution in [0.2, 0.25) is 0 Å². The number of halogens is 1. The highest BCUT2D eigenvalue weighted by molar-refractivity contribution is 6.09. The van der Waals surface area contributed by atoms with Crippen LogP contribution in [-0.4, -0.2) is 15.3 Å². The molecule has 0 saturated carbocycles. The van der Waals surface area contributed by atoms with Crippen LogP contribution in [0.1, 0.15) is 11.1 Å². The van der Waals surface area contributed by atoms with Crippen molar-refractivity contribution < 1.29 is 13.9 Å². The fourth-order valence-corrected chi connectivity index (χ4v) is 3.11. The zero-order valence-electron chi connectivity index (χ0n) is 17.4. The van der Waals surface area contributed by atoms with E-state index < -0.39 is 17.3 Å². The molecular weight excluding hydrogens is 423 g/mol. The number of nitrogens with one attached hydrogen (secondary N) is 1. The van der Waals surface area contributed by atoms with E-state index in [0.29, 0.717) is 11.3 Å². The maximum Gasteiger partial charge on any atom is 0.269 e. The average molecular weight is 440 g/mol. The van der Waals surface area contributed by atoms with E-state index in [1.165, 1.54) is 34.9 Å². The van der Waals surface area contributed by atoms with Crippen molar-refractivity contribution in [2.24, 2.45) is 0 Å². The Morgan fingerprint density at radius 1 is 1.15 bits per heavy atom. The second-order valence-electron chi connectivity index (χ2n) is 7.11. The van der Waals surface area contributed by atoms with Gasteiger partial charge in [0.25, 0.3) is 11.5 Å². The van der Waals surface area contributed by atoms with E-state index in [4.69, 9.17) is 4.74 Å². The zero-order chi connectivity index (χ0) is 23.4. The standard InChI is InChI=1S/C25H17FN4O3/c1-16-5-4-6-19(13-16)28-23(31)17(15-27)14-21-24(33-20-10-8-18(26)9-11-20)29-22-7-2-3-12-30(22)25(21)32/h2-14H,1H3,(H,28,31)/b17-14-. The van der Waals surface area contributed by atoms with Crippen LogP contribution in [0.5, 0.6) is 11.6 Å². The molecule has 7 nitrogen and oxygen atoms in total. The molecule has 2 aromatic heterocycles. The molecule has 1 amide bonds. The van der Waals surface area contributed by atoms with Crippen molar-refractivity contribution in [2.75, 3.05) is 5.32 Å². The van der Waals surface area contributed by atoms with E-state index in [9.17, 15) is 19.2 Å². The Morgan fingerprint density at radius 3 is 2.67 bits per heavy atom. The number of nitriles is 1. The number of hydrogen-bond donors (Lipinski definition) is 1. The van der Waals surface area contributed by atoms with E-state index in [0.717, 1.165) is 11.6 Å². The molecule has 4 aromatic rings. The Hall–Kier alpha value is -4.77. The van der Waals surface area contributed by atoms with Gasteiger partial charge in [-0.1, -0.05) is 18.2 Å². The van der Waals surface area contributed by atoms with Gasteiger partial charge < -0.3 is 10.1 Å². The Bertz CT molecular complexity index is 1480. The van der Waals surface area contributed by atoms with Gasteiger partial charge in [-0.2, -0.15) is 10.2 Å². The predicted molar refractivity (Wildman–Crippen MR) is 121 cm³/mol. The largest absolute Gasteiger partial charge is 0.438 e. The summed E-state index contributed by atoms with van der Waals surface area (Å²) in [5.74, 6) is -1.02. The van der Waals surface area contributed by atoms with Crippen molar-refractivity contribution in [2.45, 2.75) is 6.92 Å². The number of anilines is 1. The Balaban J connectivity index is 1.79. The molecule has 2 heterocycles. The van der Waals surface area contributed by atoms with Gasteiger partial charge in [0.1, 0.15) is 34.4 Å². The van der Waals surface area contributed by atoms with Crippen LogP contribution in [0.25, 0.3) is 11.7 Å². The summed E-state index contributed by atoms with van der Waals surface area (Å²) in [4.78, 5) is 30.3. The van der Waals surface area contributed by atoms with Crippen LogP contribution in [0.3, 0.4) is 0 Å². The molecule has 0 aliphatic rings. The summed E-state index contributed by atoms with van der Waals surface area (Å²) >= 11 is 0. The normalized spacial score (nSPS) is 11.1. The number of nitrogens with zero attached hydrogens (tertiary/aromatic N) is 3. The molecule has 162 valence electrons. The Morgan fingerprint density at radius 2 is 1.94 bits per heavy atom. The molecule has 8 heteroatoms. The number of pyridine rings is 1. The molecule has 1 N–H and O–H groups in total. The van der Waals surface area contributed by atoms with Gasteiger partial charge in [0.15, 0.2) is 0 Å². The first-order valence-electron chi connectivity index (χ1n) is 9.89. The summed E-state index contributed by atoms with van der Waals surface area (Å²) in [6, 6.07) is 19.1. The van der Waals surface area contributed by atoms with Gasteiger partial charge in [-0.25, -0.2) is 4.39 Å². The third kappa shape index (κ3) is 4.78. The number of fused-ring (bicyclic) bond motifs is 1. The molecular formula is C25H17FN4O3. The molecule has 2 aromatic carbocycles. The first kappa shape index (κ1) is 21.5. The van der Waals surface area contributed by atoms with Crippen LogP contribution in [0, 0.1) is 24.1 Å². The molecule has 0 saturated heterocycles. The Kier molecular flexibility index (Phi) is 5.96. The third-order valence-corrected chi connectivity index (χ3v) is 4.69. The van der Waals surface area contributed by atoms with Crippen LogP contribution in [0.15, 0.2) is 83.3 Å². The van der Waals surface area contributed by atoms with Gasteiger partial charge in [0.2, 0.25) is 5.88 Å². The number of hydrogen-bond acceptors (Lipinski definition) is 5. The minimum absolute atomic E-state index is 0.0982. The second kappa shape index (κ2) is 9.16. The number of rotatable bonds is 5. The lowest BCUT2D eigenvalue weighted by atomic mass is 10.1. The molecule has 0 fully saturated rings. The maximum atomic E-state index is 13.3. The van der Waals surface area contributed by atoms with Gasteiger partial charge in [-0.05, 0) is 67.1 Å². The van der Waals surface area contributed by atoms with Crippen molar-refractivity contribution in [3.8, 4) is 17.7 Å². The van der Waals surface area contributed by atoms with E-state index in [1.54, 1.807) is 36.4 Å². The highest BCUT2D eigenvalue weighted by Gasteiger charge is 2.17. The number of benzene rings is 2. The third-order valence-electron chi connectivity index (χ3n) is 4.69.